The van der Waals surface area contributed by atoms with Crippen LogP contribution in [0.15, 0.2) is 70.5 Å². The molecule has 0 atom stereocenters. The molecule has 0 amide bonds. The van der Waals surface area contributed by atoms with Crippen LogP contribution in [-0.4, -0.2) is 19.4 Å². The fraction of sp³-hybridized carbons (Fsp3) is 0.150. The van der Waals surface area contributed by atoms with Crippen LogP contribution in [0.25, 0.3) is 17.2 Å². The van der Waals surface area contributed by atoms with Gasteiger partial charge in [-0.2, -0.15) is 5.11 Å². The van der Waals surface area contributed by atoms with Crippen LogP contribution in [0.1, 0.15) is 11.1 Å². The van der Waals surface area contributed by atoms with E-state index in [-0.39, 0.29) is 6.54 Å². The highest BCUT2D eigenvalue weighted by Gasteiger charge is 2.05. The van der Waals surface area contributed by atoms with E-state index in [1.165, 1.54) is 0 Å². The zero-order valence-corrected chi connectivity index (χ0v) is 14.8. The number of carbonyl (C=O) groups excluding carboxylic acids is 1. The van der Waals surface area contributed by atoms with Gasteiger partial charge in [-0.15, -0.1) is 0 Å². The highest BCUT2D eigenvalue weighted by Crippen LogP contribution is 2.27. The molecule has 2 N–H and O–H groups in total. The summed E-state index contributed by atoms with van der Waals surface area (Å²) in [5, 5.41) is 6.78. The van der Waals surface area contributed by atoms with Gasteiger partial charge in [0.2, 0.25) is 0 Å². The van der Waals surface area contributed by atoms with E-state index in [0.29, 0.717) is 17.3 Å². The Morgan fingerprint density at radius 3 is 2.64 bits per heavy atom. The molecule has 0 radical (unpaired) electrons. The third-order valence-electron chi connectivity index (χ3n) is 3.74. The zero-order valence-electron chi connectivity index (χ0n) is 14.0. The maximum Gasteiger partial charge on any atom is 0.133 e. The molecule has 2 aromatic carbocycles. The van der Waals surface area contributed by atoms with Crippen molar-refractivity contribution >= 4 is 24.0 Å². The van der Waals surface area contributed by atoms with Crippen LogP contribution in [0.4, 0.5) is 0 Å². The van der Waals surface area contributed by atoms with E-state index in [2.05, 4.69) is 35.6 Å². The Labute approximate surface area is 152 Å². The highest BCUT2D eigenvalue weighted by molar-refractivity contribution is 6.33. The van der Waals surface area contributed by atoms with E-state index >= 15 is 0 Å². The Kier molecular flexibility index (Phi) is 7.26. The average molecular weight is 354 g/mol. The molecular formula is C20H20ClN3O. The molecule has 2 rings (SSSR count). The standard InChI is InChI=1S/C20H20ClN3O/c1-15-17(8-5-9-20(15)16-6-3-2-4-7-16)12-18(21)13-19(24-22)14-23-10-11-25/h2-9,11-13,22-23H,10,14H2,1H3/b18-12-,19-13-,24-22?. The molecule has 0 fully saturated rings. The maximum atomic E-state index is 10.3. The molecular weight excluding hydrogens is 334 g/mol. The summed E-state index contributed by atoms with van der Waals surface area (Å²) in [4.78, 5) is 10.3. The number of hydrogen-bond acceptors (Lipinski definition) is 4. The van der Waals surface area contributed by atoms with Crippen LogP contribution >= 0.6 is 11.6 Å². The first-order valence-corrected chi connectivity index (χ1v) is 8.28. The summed E-state index contributed by atoms with van der Waals surface area (Å²) in [5.74, 6) is 0. The molecule has 0 saturated carbocycles. The smallest absolute Gasteiger partial charge is 0.133 e. The second kappa shape index (κ2) is 9.67. The number of halogens is 1. The van der Waals surface area contributed by atoms with Crippen molar-refractivity contribution in [2.45, 2.75) is 6.92 Å². The fourth-order valence-corrected chi connectivity index (χ4v) is 2.72. The topological polar surface area (TPSA) is 65.3 Å². The molecule has 0 spiro atoms. The average Bonchev–Trinajstić information content (AvgIpc) is 2.63. The van der Waals surface area contributed by atoms with Crippen LogP contribution in [0.5, 0.6) is 0 Å². The van der Waals surface area contributed by atoms with E-state index in [1.54, 1.807) is 6.08 Å². The number of benzene rings is 2. The molecule has 25 heavy (non-hydrogen) atoms. The lowest BCUT2D eigenvalue weighted by atomic mass is 9.96. The quantitative estimate of drug-likeness (QED) is 0.305. The number of nitrogens with zero attached hydrogens (tertiary/aromatic N) is 1. The molecule has 0 heterocycles. The first-order chi connectivity index (χ1) is 12.2. The van der Waals surface area contributed by atoms with Crippen molar-refractivity contribution in [1.29, 1.82) is 5.53 Å². The lowest BCUT2D eigenvalue weighted by Gasteiger charge is -2.09. The molecule has 0 aromatic heterocycles. The normalized spacial score (nSPS) is 12.1. The second-order valence-corrected chi connectivity index (χ2v) is 5.90. The summed E-state index contributed by atoms with van der Waals surface area (Å²) in [5.41, 5.74) is 12.1. The summed E-state index contributed by atoms with van der Waals surface area (Å²) in [6.07, 6.45) is 4.24. The van der Waals surface area contributed by atoms with Crippen molar-refractivity contribution in [3.8, 4) is 11.1 Å². The first kappa shape index (κ1) is 18.8. The van der Waals surface area contributed by atoms with Gasteiger partial charge in [-0.25, -0.2) is 5.53 Å². The number of allylic oxidation sites excluding steroid dienone is 2. The summed E-state index contributed by atoms with van der Waals surface area (Å²) in [7, 11) is 0. The SMILES string of the molecule is Cc1c(/C=C(Cl)/C=C(/CNCC=O)N=N)cccc1-c1ccccc1. The Morgan fingerprint density at radius 2 is 1.96 bits per heavy atom. The van der Waals surface area contributed by atoms with Gasteiger partial charge in [0.1, 0.15) is 6.29 Å². The third-order valence-corrected chi connectivity index (χ3v) is 3.95. The largest absolute Gasteiger partial charge is 0.305 e. The van der Waals surface area contributed by atoms with Crippen LogP contribution in [0, 0.1) is 12.5 Å². The van der Waals surface area contributed by atoms with Gasteiger partial charge in [0.05, 0.1) is 12.2 Å². The van der Waals surface area contributed by atoms with E-state index in [9.17, 15) is 4.79 Å². The van der Waals surface area contributed by atoms with Crippen molar-refractivity contribution in [1.82, 2.24) is 5.32 Å². The fourth-order valence-electron chi connectivity index (χ4n) is 2.47. The number of rotatable bonds is 8. The summed E-state index contributed by atoms with van der Waals surface area (Å²) in [6.45, 7) is 2.59. The van der Waals surface area contributed by atoms with Gasteiger partial charge in [-0.05, 0) is 41.3 Å². The monoisotopic (exact) mass is 353 g/mol. The first-order valence-electron chi connectivity index (χ1n) is 7.90. The molecule has 0 aliphatic rings. The number of carbonyl (C=O) groups is 1. The van der Waals surface area contributed by atoms with Gasteiger partial charge in [-0.3, -0.25) is 0 Å². The number of aldehydes is 1. The lowest BCUT2D eigenvalue weighted by Crippen LogP contribution is -2.18. The molecule has 2 aromatic rings. The van der Waals surface area contributed by atoms with E-state index in [0.717, 1.165) is 28.5 Å². The van der Waals surface area contributed by atoms with Crippen LogP contribution in [-0.2, 0) is 4.79 Å². The maximum absolute atomic E-state index is 10.3. The summed E-state index contributed by atoms with van der Waals surface area (Å²) >= 11 is 6.32. The van der Waals surface area contributed by atoms with Crippen molar-refractivity contribution in [2.75, 3.05) is 13.1 Å². The van der Waals surface area contributed by atoms with Gasteiger partial charge < -0.3 is 10.1 Å². The van der Waals surface area contributed by atoms with E-state index in [4.69, 9.17) is 17.1 Å². The number of nitrogens with one attached hydrogen (secondary N) is 2. The summed E-state index contributed by atoms with van der Waals surface area (Å²) in [6, 6.07) is 16.3. The second-order valence-electron chi connectivity index (χ2n) is 5.46. The van der Waals surface area contributed by atoms with Gasteiger partial charge in [0, 0.05) is 11.6 Å². The Hall–Kier alpha value is -2.56. The minimum Gasteiger partial charge on any atom is -0.305 e. The summed E-state index contributed by atoms with van der Waals surface area (Å²) < 4.78 is 0. The van der Waals surface area contributed by atoms with Crippen molar-refractivity contribution in [3.05, 3.63) is 76.5 Å². The van der Waals surface area contributed by atoms with Crippen molar-refractivity contribution in [3.63, 3.8) is 0 Å². The molecule has 128 valence electrons. The minimum absolute atomic E-state index is 0.215. The van der Waals surface area contributed by atoms with Crippen LogP contribution in [0.3, 0.4) is 0 Å². The minimum atomic E-state index is 0.215. The van der Waals surface area contributed by atoms with Gasteiger partial charge in [-0.1, -0.05) is 60.1 Å². The molecule has 4 nitrogen and oxygen atoms in total. The molecule has 0 bridgehead atoms. The van der Waals surface area contributed by atoms with Gasteiger partial charge in [0.15, 0.2) is 0 Å². The van der Waals surface area contributed by atoms with Crippen LogP contribution in [0.2, 0.25) is 0 Å². The van der Waals surface area contributed by atoms with E-state index < -0.39 is 0 Å². The third kappa shape index (κ3) is 5.48. The van der Waals surface area contributed by atoms with E-state index in [1.807, 2.05) is 36.4 Å². The Morgan fingerprint density at radius 1 is 1.20 bits per heavy atom. The molecule has 0 unspecified atom stereocenters. The number of hydrogen-bond donors (Lipinski definition) is 2. The van der Waals surface area contributed by atoms with Crippen molar-refractivity contribution < 1.29 is 4.79 Å². The zero-order chi connectivity index (χ0) is 18.1. The van der Waals surface area contributed by atoms with Crippen molar-refractivity contribution in [2.24, 2.45) is 5.11 Å². The predicted molar refractivity (Wildman–Crippen MR) is 103 cm³/mol. The Balaban J connectivity index is 2.28. The Bertz CT molecular complexity index is 798. The highest BCUT2D eigenvalue weighted by atomic mass is 35.5. The van der Waals surface area contributed by atoms with Crippen LogP contribution < -0.4 is 5.32 Å². The molecule has 0 saturated heterocycles. The predicted octanol–water partition coefficient (Wildman–Crippen LogP) is 4.95. The molecule has 0 aliphatic heterocycles. The molecule has 0 aliphatic carbocycles. The van der Waals surface area contributed by atoms with Gasteiger partial charge >= 0.3 is 0 Å². The van der Waals surface area contributed by atoms with Gasteiger partial charge in [0.25, 0.3) is 0 Å². The lowest BCUT2D eigenvalue weighted by molar-refractivity contribution is -0.107. The molecule has 5 heteroatoms.